The molecule has 0 aliphatic carbocycles. The highest BCUT2D eigenvalue weighted by Gasteiger charge is 2.22. The molecule has 0 bridgehead atoms. The van der Waals surface area contributed by atoms with Crippen molar-refractivity contribution in [1.82, 2.24) is 9.80 Å². The molecule has 1 aliphatic heterocycles. The van der Waals surface area contributed by atoms with Gasteiger partial charge in [-0.05, 0) is 19.1 Å². The van der Waals surface area contributed by atoms with Crippen molar-refractivity contribution >= 4 is 23.2 Å². The van der Waals surface area contributed by atoms with Crippen molar-refractivity contribution < 1.29 is 4.79 Å². The maximum atomic E-state index is 12.0. The van der Waals surface area contributed by atoms with E-state index >= 15 is 0 Å². The van der Waals surface area contributed by atoms with Gasteiger partial charge in [0.2, 0.25) is 5.91 Å². The second-order valence-electron chi connectivity index (χ2n) is 5.15. The fourth-order valence-electron chi connectivity index (χ4n) is 2.35. The molecule has 1 atom stereocenters. The van der Waals surface area contributed by atoms with Crippen LogP contribution in [0.15, 0.2) is 24.3 Å². The third kappa shape index (κ3) is 4.43. The number of anilines is 1. The Kier molecular flexibility index (Phi) is 5.57. The number of hydrogen-bond donors (Lipinski definition) is 1. The first-order valence-electron chi connectivity index (χ1n) is 7.00. The normalized spacial score (nSPS) is 18.0. The maximum Gasteiger partial charge on any atom is 0.238 e. The number of amides is 1. The standard InChI is InChI=1S/C15H19ClN4O/c1-12(10-17)20-8-6-19(7-9-20)11-15(21)18-14-5-3-2-4-13(14)16/h2-5,12H,6-9,11H2,1H3,(H,18,21). The van der Waals surface area contributed by atoms with Crippen LogP contribution in [0.1, 0.15) is 6.92 Å². The van der Waals surface area contributed by atoms with E-state index in [1.807, 2.05) is 19.1 Å². The molecule has 2 rings (SSSR count). The molecule has 112 valence electrons. The van der Waals surface area contributed by atoms with Gasteiger partial charge in [-0.3, -0.25) is 14.6 Å². The lowest BCUT2D eigenvalue weighted by Gasteiger charge is -2.35. The number of nitrogens with one attached hydrogen (secondary N) is 1. The minimum Gasteiger partial charge on any atom is -0.324 e. The number of nitrogens with zero attached hydrogens (tertiary/aromatic N) is 3. The lowest BCUT2D eigenvalue weighted by atomic mass is 10.2. The van der Waals surface area contributed by atoms with E-state index in [2.05, 4.69) is 21.2 Å². The number of halogens is 1. The molecule has 1 fully saturated rings. The van der Waals surface area contributed by atoms with Crippen molar-refractivity contribution in [3.05, 3.63) is 29.3 Å². The van der Waals surface area contributed by atoms with Crippen LogP contribution in [0.5, 0.6) is 0 Å². The summed E-state index contributed by atoms with van der Waals surface area (Å²) in [5, 5.41) is 12.3. The third-order valence-electron chi connectivity index (χ3n) is 3.66. The molecule has 1 unspecified atom stereocenters. The van der Waals surface area contributed by atoms with Crippen molar-refractivity contribution in [2.24, 2.45) is 0 Å². The molecule has 1 aromatic rings. The molecule has 21 heavy (non-hydrogen) atoms. The van der Waals surface area contributed by atoms with Gasteiger partial charge in [0.25, 0.3) is 0 Å². The van der Waals surface area contributed by atoms with E-state index in [9.17, 15) is 4.79 Å². The van der Waals surface area contributed by atoms with Gasteiger partial charge in [-0.25, -0.2) is 0 Å². The minimum atomic E-state index is -0.0656. The molecule has 1 aromatic carbocycles. The van der Waals surface area contributed by atoms with Gasteiger partial charge in [0.05, 0.1) is 29.4 Å². The number of hydrogen-bond acceptors (Lipinski definition) is 4. The fourth-order valence-corrected chi connectivity index (χ4v) is 2.53. The van der Waals surface area contributed by atoms with E-state index in [0.29, 0.717) is 17.3 Å². The Morgan fingerprint density at radius 3 is 2.67 bits per heavy atom. The molecule has 1 N–H and O–H groups in total. The molecule has 1 heterocycles. The van der Waals surface area contributed by atoms with Gasteiger partial charge in [-0.2, -0.15) is 5.26 Å². The van der Waals surface area contributed by atoms with Crippen molar-refractivity contribution in [1.29, 1.82) is 5.26 Å². The van der Waals surface area contributed by atoms with Crippen molar-refractivity contribution in [2.75, 3.05) is 38.0 Å². The highest BCUT2D eigenvalue weighted by Crippen LogP contribution is 2.20. The molecule has 6 heteroatoms. The first-order valence-corrected chi connectivity index (χ1v) is 7.38. The summed E-state index contributed by atoms with van der Waals surface area (Å²) in [6, 6.07) is 9.37. The predicted octanol–water partition coefficient (Wildman–Crippen LogP) is 1.81. The molecule has 5 nitrogen and oxygen atoms in total. The van der Waals surface area contributed by atoms with Gasteiger partial charge in [-0.1, -0.05) is 23.7 Å². The summed E-state index contributed by atoms with van der Waals surface area (Å²) < 4.78 is 0. The van der Waals surface area contributed by atoms with Crippen LogP contribution in [0, 0.1) is 11.3 Å². The molecular formula is C15H19ClN4O. The fraction of sp³-hybridized carbons (Fsp3) is 0.467. The Bertz CT molecular complexity index is 535. The van der Waals surface area contributed by atoms with E-state index < -0.39 is 0 Å². The van der Waals surface area contributed by atoms with Crippen molar-refractivity contribution in [3.63, 3.8) is 0 Å². The highest BCUT2D eigenvalue weighted by molar-refractivity contribution is 6.33. The zero-order chi connectivity index (χ0) is 15.2. The lowest BCUT2D eigenvalue weighted by molar-refractivity contribution is -0.117. The van der Waals surface area contributed by atoms with Crippen LogP contribution < -0.4 is 5.32 Å². The number of rotatable bonds is 4. The number of benzene rings is 1. The van der Waals surface area contributed by atoms with Crippen LogP contribution >= 0.6 is 11.6 Å². The summed E-state index contributed by atoms with van der Waals surface area (Å²) in [6.45, 7) is 5.46. The Morgan fingerprint density at radius 1 is 1.38 bits per heavy atom. The smallest absolute Gasteiger partial charge is 0.238 e. The molecule has 1 amide bonds. The number of para-hydroxylation sites is 1. The second kappa shape index (κ2) is 7.41. The zero-order valence-corrected chi connectivity index (χ0v) is 12.8. The van der Waals surface area contributed by atoms with Gasteiger partial charge in [0.1, 0.15) is 0 Å². The van der Waals surface area contributed by atoms with E-state index in [1.54, 1.807) is 12.1 Å². The van der Waals surface area contributed by atoms with Crippen LogP contribution in [0.4, 0.5) is 5.69 Å². The summed E-state index contributed by atoms with van der Waals surface area (Å²) in [4.78, 5) is 16.2. The van der Waals surface area contributed by atoms with E-state index in [-0.39, 0.29) is 11.9 Å². The predicted molar refractivity (Wildman–Crippen MR) is 83.2 cm³/mol. The van der Waals surface area contributed by atoms with Crippen molar-refractivity contribution in [2.45, 2.75) is 13.0 Å². The molecular weight excluding hydrogens is 288 g/mol. The molecule has 0 radical (unpaired) electrons. The monoisotopic (exact) mass is 306 g/mol. The van der Waals surface area contributed by atoms with Crippen LogP contribution in [0.3, 0.4) is 0 Å². The van der Waals surface area contributed by atoms with E-state index in [1.165, 1.54) is 0 Å². The van der Waals surface area contributed by atoms with Crippen molar-refractivity contribution in [3.8, 4) is 6.07 Å². The van der Waals surface area contributed by atoms with Gasteiger partial charge in [0.15, 0.2) is 0 Å². The summed E-state index contributed by atoms with van der Waals surface area (Å²) in [5.74, 6) is -0.0649. The van der Waals surface area contributed by atoms with Gasteiger partial charge in [0, 0.05) is 26.2 Å². The molecule has 0 spiro atoms. The van der Waals surface area contributed by atoms with Gasteiger partial charge < -0.3 is 5.32 Å². The number of carbonyl (C=O) groups is 1. The number of carbonyl (C=O) groups excluding carboxylic acids is 1. The lowest BCUT2D eigenvalue weighted by Crippen LogP contribution is -2.50. The Balaban J connectivity index is 1.80. The molecule has 1 aliphatic rings. The van der Waals surface area contributed by atoms with Crippen LogP contribution in [-0.4, -0.2) is 54.5 Å². The molecule has 0 saturated carbocycles. The topological polar surface area (TPSA) is 59.4 Å². The van der Waals surface area contributed by atoms with Crippen LogP contribution in [0.2, 0.25) is 5.02 Å². The molecule has 0 aromatic heterocycles. The maximum absolute atomic E-state index is 12.0. The summed E-state index contributed by atoms with van der Waals surface area (Å²) >= 11 is 6.02. The first kappa shape index (κ1) is 15.8. The summed E-state index contributed by atoms with van der Waals surface area (Å²) in [6.07, 6.45) is 0. The SMILES string of the molecule is CC(C#N)N1CCN(CC(=O)Nc2ccccc2Cl)CC1. The Labute approximate surface area is 130 Å². The van der Waals surface area contributed by atoms with Gasteiger partial charge >= 0.3 is 0 Å². The zero-order valence-electron chi connectivity index (χ0n) is 12.1. The van der Waals surface area contributed by atoms with E-state index in [0.717, 1.165) is 26.2 Å². The second-order valence-corrected chi connectivity index (χ2v) is 5.55. The largest absolute Gasteiger partial charge is 0.324 e. The average molecular weight is 307 g/mol. The Hall–Kier alpha value is -1.61. The van der Waals surface area contributed by atoms with Crippen LogP contribution in [-0.2, 0) is 4.79 Å². The number of piperazine rings is 1. The van der Waals surface area contributed by atoms with E-state index in [4.69, 9.17) is 16.9 Å². The minimum absolute atomic E-state index is 0.0649. The Morgan fingerprint density at radius 2 is 2.05 bits per heavy atom. The van der Waals surface area contributed by atoms with Crippen LogP contribution in [0.25, 0.3) is 0 Å². The van der Waals surface area contributed by atoms with Gasteiger partial charge in [-0.15, -0.1) is 0 Å². The first-order chi connectivity index (χ1) is 10.1. The third-order valence-corrected chi connectivity index (χ3v) is 3.99. The highest BCUT2D eigenvalue weighted by atomic mass is 35.5. The average Bonchev–Trinajstić information content (AvgIpc) is 2.49. The number of nitriles is 1. The quantitative estimate of drug-likeness (QED) is 0.921. The summed E-state index contributed by atoms with van der Waals surface area (Å²) in [5.41, 5.74) is 0.640. The summed E-state index contributed by atoms with van der Waals surface area (Å²) in [7, 11) is 0. The molecule has 1 saturated heterocycles.